The molecule has 0 aromatic heterocycles. The predicted octanol–water partition coefficient (Wildman–Crippen LogP) is 16.7. The van der Waals surface area contributed by atoms with Gasteiger partial charge in [0.2, 0.25) is 0 Å². The number of hydrogen-bond acceptors (Lipinski definition) is 1. The van der Waals surface area contributed by atoms with Crippen molar-refractivity contribution in [3.05, 3.63) is 245 Å². The van der Waals surface area contributed by atoms with E-state index < -0.39 is 0 Å². The van der Waals surface area contributed by atoms with Gasteiger partial charge in [0.05, 0.1) is 0 Å². The summed E-state index contributed by atoms with van der Waals surface area (Å²) in [6, 6.07) is 76.7. The topological polar surface area (TPSA) is 3.24 Å². The van der Waals surface area contributed by atoms with Crippen LogP contribution in [-0.4, -0.2) is 0 Å². The van der Waals surface area contributed by atoms with E-state index in [9.17, 15) is 0 Å². The molecule has 0 radical (unpaired) electrons. The Morgan fingerprint density at radius 3 is 1.60 bits per heavy atom. The lowest BCUT2D eigenvalue weighted by molar-refractivity contribution is 0.660. The van der Waals surface area contributed by atoms with Crippen LogP contribution in [0.15, 0.2) is 206 Å². The predicted molar refractivity (Wildman–Crippen MR) is 267 cm³/mol. The molecular weight excluding hydrogens is 759 g/mol. The fourth-order valence-corrected chi connectivity index (χ4v) is 10.7. The smallest absolute Gasteiger partial charge is 0.0465 e. The number of rotatable bonds is 8. The van der Waals surface area contributed by atoms with Crippen molar-refractivity contribution in [2.75, 3.05) is 4.90 Å². The van der Waals surface area contributed by atoms with Gasteiger partial charge in [0, 0.05) is 27.9 Å². The quantitative estimate of drug-likeness (QED) is 0.148. The average Bonchev–Trinajstić information content (AvgIpc) is 3.70. The highest BCUT2D eigenvalue weighted by Gasteiger charge is 2.37. The van der Waals surface area contributed by atoms with Crippen molar-refractivity contribution in [1.82, 2.24) is 0 Å². The number of nitrogens with zero attached hydrogens (tertiary/aromatic N) is 1. The van der Waals surface area contributed by atoms with Crippen LogP contribution in [0.25, 0.3) is 55.6 Å². The maximum Gasteiger partial charge on any atom is 0.0465 e. The van der Waals surface area contributed by atoms with E-state index in [0.717, 1.165) is 23.5 Å². The molecule has 0 saturated carbocycles. The Balaban J connectivity index is 0.987. The lowest BCUT2D eigenvalue weighted by Crippen LogP contribution is -2.16. The second-order valence-electron chi connectivity index (χ2n) is 18.6. The molecule has 9 aromatic rings. The van der Waals surface area contributed by atoms with Crippen LogP contribution >= 0.6 is 0 Å². The molecule has 1 nitrogen and oxygen atoms in total. The van der Waals surface area contributed by atoms with Gasteiger partial charge in [-0.05, 0) is 150 Å². The SMILES string of the molecule is Cc1ccc(-c2ccc(N(c3ccc(-c4cccc5c4-c4ccccc4C5(C)C)cc3)c3ccc4c(c3)C(C)(C)c3ccccc3-4)cc2)cc1-c1ccccc1Cc1ccccc1. The first-order chi connectivity index (χ1) is 30.7. The lowest BCUT2D eigenvalue weighted by Gasteiger charge is -2.28. The Labute approximate surface area is 373 Å². The summed E-state index contributed by atoms with van der Waals surface area (Å²) in [5.41, 5.74) is 25.6. The van der Waals surface area contributed by atoms with Crippen LogP contribution < -0.4 is 4.90 Å². The van der Waals surface area contributed by atoms with Gasteiger partial charge in [-0.3, -0.25) is 0 Å². The van der Waals surface area contributed by atoms with Gasteiger partial charge in [-0.25, -0.2) is 0 Å². The second kappa shape index (κ2) is 15.0. The minimum absolute atomic E-state index is 0.0428. The molecule has 0 bridgehead atoms. The molecule has 0 aliphatic heterocycles. The fraction of sp³-hybridized carbons (Fsp3) is 0.129. The van der Waals surface area contributed by atoms with Crippen LogP contribution in [0.5, 0.6) is 0 Å². The highest BCUT2D eigenvalue weighted by molar-refractivity contribution is 5.93. The standard InChI is InChI=1S/C62H51N/c1-41-26-27-45(39-55(41)50-19-10-9-18-46(50)38-42-16-7-6-8-17-42)43-28-32-47(33-29-43)63(49-36-37-53-52-20-11-13-23-56(52)62(4,5)59(53)40-49)48-34-30-44(31-35-48)51-22-15-25-58-60(51)54-21-12-14-24-57(54)61(58,2)3/h6-37,39-40H,38H2,1-5H3. The van der Waals surface area contributed by atoms with Gasteiger partial charge in [-0.15, -0.1) is 0 Å². The molecule has 0 atom stereocenters. The van der Waals surface area contributed by atoms with Gasteiger partial charge in [-0.1, -0.05) is 191 Å². The van der Waals surface area contributed by atoms with Crippen LogP contribution in [0.2, 0.25) is 0 Å². The van der Waals surface area contributed by atoms with Crippen molar-refractivity contribution in [2.45, 2.75) is 51.9 Å². The molecular formula is C62H51N. The monoisotopic (exact) mass is 809 g/mol. The summed E-state index contributed by atoms with van der Waals surface area (Å²) >= 11 is 0. The van der Waals surface area contributed by atoms with Crippen LogP contribution in [0.4, 0.5) is 17.1 Å². The number of anilines is 3. The average molecular weight is 810 g/mol. The molecule has 304 valence electrons. The Morgan fingerprint density at radius 1 is 0.349 bits per heavy atom. The molecule has 0 saturated heterocycles. The molecule has 0 fully saturated rings. The Morgan fingerprint density at radius 2 is 0.873 bits per heavy atom. The first kappa shape index (κ1) is 38.7. The minimum atomic E-state index is -0.109. The molecule has 0 spiro atoms. The fourth-order valence-electron chi connectivity index (χ4n) is 10.7. The van der Waals surface area contributed by atoms with Gasteiger partial charge in [-0.2, -0.15) is 0 Å². The van der Waals surface area contributed by atoms with Crippen molar-refractivity contribution >= 4 is 17.1 Å². The molecule has 0 unspecified atom stereocenters. The summed E-state index contributed by atoms with van der Waals surface area (Å²) in [5.74, 6) is 0. The maximum atomic E-state index is 2.43. The van der Waals surface area contributed by atoms with E-state index in [4.69, 9.17) is 0 Å². The normalized spacial score (nSPS) is 13.8. The highest BCUT2D eigenvalue weighted by atomic mass is 15.1. The Bertz CT molecular complexity index is 3180. The first-order valence-corrected chi connectivity index (χ1v) is 22.4. The minimum Gasteiger partial charge on any atom is -0.310 e. The molecule has 11 rings (SSSR count). The summed E-state index contributed by atoms with van der Waals surface area (Å²) in [6.45, 7) is 11.7. The van der Waals surface area contributed by atoms with Gasteiger partial charge in [0.1, 0.15) is 0 Å². The molecule has 63 heavy (non-hydrogen) atoms. The zero-order valence-electron chi connectivity index (χ0n) is 36.8. The lowest BCUT2D eigenvalue weighted by atomic mass is 9.82. The number of hydrogen-bond donors (Lipinski definition) is 0. The van der Waals surface area contributed by atoms with Gasteiger partial charge < -0.3 is 4.90 Å². The van der Waals surface area contributed by atoms with Crippen molar-refractivity contribution in [2.24, 2.45) is 0 Å². The third-order valence-electron chi connectivity index (χ3n) is 14.1. The number of fused-ring (bicyclic) bond motifs is 6. The Hall–Kier alpha value is -7.22. The van der Waals surface area contributed by atoms with Gasteiger partial charge in [0.25, 0.3) is 0 Å². The van der Waals surface area contributed by atoms with Crippen LogP contribution in [0.1, 0.15) is 66.6 Å². The van der Waals surface area contributed by atoms with Crippen LogP contribution in [0, 0.1) is 6.92 Å². The summed E-state index contributed by atoms with van der Waals surface area (Å²) in [4.78, 5) is 2.43. The Kier molecular flexibility index (Phi) is 9.21. The largest absolute Gasteiger partial charge is 0.310 e. The van der Waals surface area contributed by atoms with Crippen LogP contribution in [-0.2, 0) is 17.3 Å². The summed E-state index contributed by atoms with van der Waals surface area (Å²) in [6.07, 6.45) is 0.901. The van der Waals surface area contributed by atoms with Gasteiger partial charge >= 0.3 is 0 Å². The molecule has 1 heteroatoms. The molecule has 0 heterocycles. The van der Waals surface area contributed by atoms with Crippen molar-refractivity contribution in [1.29, 1.82) is 0 Å². The van der Waals surface area contributed by atoms with E-state index in [0.29, 0.717) is 0 Å². The van der Waals surface area contributed by atoms with E-state index in [1.807, 2.05) is 0 Å². The maximum absolute atomic E-state index is 2.43. The number of aryl methyl sites for hydroxylation is 1. The van der Waals surface area contributed by atoms with E-state index in [1.54, 1.807) is 0 Å². The number of benzene rings is 9. The second-order valence-corrected chi connectivity index (χ2v) is 18.6. The zero-order valence-corrected chi connectivity index (χ0v) is 36.8. The van der Waals surface area contributed by atoms with Crippen molar-refractivity contribution < 1.29 is 0 Å². The van der Waals surface area contributed by atoms with E-state index in [1.165, 1.54) is 94.6 Å². The van der Waals surface area contributed by atoms with Gasteiger partial charge in [0.15, 0.2) is 0 Å². The third kappa shape index (κ3) is 6.45. The van der Waals surface area contributed by atoms with Crippen LogP contribution in [0.3, 0.4) is 0 Å². The van der Waals surface area contributed by atoms with E-state index in [2.05, 4.69) is 246 Å². The molecule has 9 aromatic carbocycles. The molecule has 2 aliphatic rings. The summed E-state index contributed by atoms with van der Waals surface area (Å²) < 4.78 is 0. The van der Waals surface area contributed by atoms with E-state index >= 15 is 0 Å². The summed E-state index contributed by atoms with van der Waals surface area (Å²) in [7, 11) is 0. The third-order valence-corrected chi connectivity index (χ3v) is 14.1. The molecule has 0 N–H and O–H groups in total. The molecule has 2 aliphatic carbocycles. The molecule has 0 amide bonds. The zero-order chi connectivity index (χ0) is 42.9. The highest BCUT2D eigenvalue weighted by Crippen LogP contribution is 2.53. The van der Waals surface area contributed by atoms with E-state index in [-0.39, 0.29) is 10.8 Å². The first-order valence-electron chi connectivity index (χ1n) is 22.4. The van der Waals surface area contributed by atoms with Crippen molar-refractivity contribution in [3.63, 3.8) is 0 Å². The summed E-state index contributed by atoms with van der Waals surface area (Å²) in [5, 5.41) is 0. The van der Waals surface area contributed by atoms with Crippen molar-refractivity contribution in [3.8, 4) is 55.6 Å².